The standard InChI is InChI=1S/C10H11ClO4/c1-2-14-6-15-9-4-3-7(11)5-8(9)10(12)13/h3-5H,2,6H2,1H3,(H,12,13). The summed E-state index contributed by atoms with van der Waals surface area (Å²) in [6.45, 7) is 2.36. The van der Waals surface area contributed by atoms with Crippen LogP contribution in [-0.2, 0) is 4.74 Å². The number of aromatic carboxylic acids is 1. The number of rotatable bonds is 5. The number of carboxylic acids is 1. The van der Waals surface area contributed by atoms with Crippen molar-refractivity contribution in [2.45, 2.75) is 6.92 Å². The third-order valence-corrected chi connectivity index (χ3v) is 1.91. The minimum absolute atomic E-state index is 0.0262. The number of carboxylic acid groups (broad SMARTS) is 1. The van der Waals surface area contributed by atoms with Crippen LogP contribution in [0.25, 0.3) is 0 Å². The Hall–Kier alpha value is -1.26. The zero-order valence-corrected chi connectivity index (χ0v) is 8.95. The van der Waals surface area contributed by atoms with E-state index >= 15 is 0 Å². The molecule has 1 rings (SSSR count). The molecule has 0 heterocycles. The fraction of sp³-hybridized carbons (Fsp3) is 0.300. The number of halogens is 1. The van der Waals surface area contributed by atoms with Crippen LogP contribution in [-0.4, -0.2) is 24.5 Å². The van der Waals surface area contributed by atoms with Gasteiger partial charge >= 0.3 is 5.97 Å². The molecule has 0 aromatic heterocycles. The van der Waals surface area contributed by atoms with E-state index in [0.717, 1.165) is 0 Å². The van der Waals surface area contributed by atoms with Gasteiger partial charge in [0.2, 0.25) is 0 Å². The van der Waals surface area contributed by atoms with Crippen LogP contribution in [0.5, 0.6) is 5.75 Å². The molecule has 1 aromatic carbocycles. The molecule has 1 aromatic rings. The molecule has 15 heavy (non-hydrogen) atoms. The number of hydrogen-bond acceptors (Lipinski definition) is 3. The molecule has 0 unspecified atom stereocenters. The maximum atomic E-state index is 10.8. The van der Waals surface area contributed by atoms with E-state index in [2.05, 4.69) is 0 Å². The summed E-state index contributed by atoms with van der Waals surface area (Å²) in [6.07, 6.45) is 0. The Morgan fingerprint density at radius 2 is 2.27 bits per heavy atom. The third-order valence-electron chi connectivity index (χ3n) is 1.67. The predicted octanol–water partition coefficient (Wildman–Crippen LogP) is 2.41. The maximum absolute atomic E-state index is 10.8. The number of hydrogen-bond donors (Lipinski definition) is 1. The lowest BCUT2D eigenvalue weighted by Gasteiger charge is -2.08. The molecular formula is C10H11ClO4. The summed E-state index contributed by atoms with van der Waals surface area (Å²) in [6, 6.07) is 4.41. The lowest BCUT2D eigenvalue weighted by atomic mass is 10.2. The normalized spacial score (nSPS) is 10.0. The van der Waals surface area contributed by atoms with E-state index in [1.807, 2.05) is 6.92 Å². The summed E-state index contributed by atoms with van der Waals surface area (Å²) >= 11 is 5.67. The summed E-state index contributed by atoms with van der Waals surface area (Å²) in [4.78, 5) is 10.8. The fourth-order valence-corrected chi connectivity index (χ4v) is 1.16. The predicted molar refractivity (Wildman–Crippen MR) is 55.5 cm³/mol. The van der Waals surface area contributed by atoms with Gasteiger partial charge in [-0.1, -0.05) is 11.6 Å². The summed E-state index contributed by atoms with van der Waals surface area (Å²) < 4.78 is 10.1. The summed E-state index contributed by atoms with van der Waals surface area (Å²) in [5, 5.41) is 9.22. The van der Waals surface area contributed by atoms with E-state index < -0.39 is 5.97 Å². The number of benzene rings is 1. The van der Waals surface area contributed by atoms with Gasteiger partial charge in [0.25, 0.3) is 0 Å². The van der Waals surface area contributed by atoms with Crippen LogP contribution in [0, 0.1) is 0 Å². The fourth-order valence-electron chi connectivity index (χ4n) is 0.984. The molecule has 0 saturated heterocycles. The molecule has 0 bridgehead atoms. The lowest BCUT2D eigenvalue weighted by molar-refractivity contribution is 0.0214. The second-order valence-corrected chi connectivity index (χ2v) is 3.14. The average Bonchev–Trinajstić information content (AvgIpc) is 2.20. The third kappa shape index (κ3) is 3.42. The van der Waals surface area contributed by atoms with E-state index in [4.69, 9.17) is 26.2 Å². The van der Waals surface area contributed by atoms with Crippen molar-refractivity contribution in [1.29, 1.82) is 0 Å². The second-order valence-electron chi connectivity index (χ2n) is 2.70. The highest BCUT2D eigenvalue weighted by Crippen LogP contribution is 2.22. The van der Waals surface area contributed by atoms with E-state index in [9.17, 15) is 4.79 Å². The van der Waals surface area contributed by atoms with Crippen molar-refractivity contribution in [2.24, 2.45) is 0 Å². The summed E-state index contributed by atoms with van der Waals surface area (Å²) in [7, 11) is 0. The molecule has 4 nitrogen and oxygen atoms in total. The first-order valence-corrected chi connectivity index (χ1v) is 4.76. The lowest BCUT2D eigenvalue weighted by Crippen LogP contribution is -2.06. The summed E-state index contributed by atoms with van der Waals surface area (Å²) in [5.41, 5.74) is 0.0298. The molecule has 0 aliphatic rings. The van der Waals surface area contributed by atoms with Gasteiger partial charge in [0.1, 0.15) is 11.3 Å². The zero-order valence-electron chi connectivity index (χ0n) is 8.20. The molecule has 0 saturated carbocycles. The molecule has 82 valence electrons. The minimum atomic E-state index is -1.08. The molecule has 0 radical (unpaired) electrons. The highest BCUT2D eigenvalue weighted by molar-refractivity contribution is 6.31. The van der Waals surface area contributed by atoms with Crippen LogP contribution in [0.15, 0.2) is 18.2 Å². The average molecular weight is 231 g/mol. The van der Waals surface area contributed by atoms with Crippen LogP contribution < -0.4 is 4.74 Å². The topological polar surface area (TPSA) is 55.8 Å². The first kappa shape index (κ1) is 11.8. The Labute approximate surface area is 92.4 Å². The van der Waals surface area contributed by atoms with Crippen molar-refractivity contribution in [2.75, 3.05) is 13.4 Å². The van der Waals surface area contributed by atoms with Crippen molar-refractivity contribution in [1.82, 2.24) is 0 Å². The monoisotopic (exact) mass is 230 g/mol. The van der Waals surface area contributed by atoms with Crippen molar-refractivity contribution < 1.29 is 19.4 Å². The Bertz CT molecular complexity index is 351. The van der Waals surface area contributed by atoms with Crippen molar-refractivity contribution >= 4 is 17.6 Å². The molecule has 0 aliphatic carbocycles. The molecule has 0 fully saturated rings. The Morgan fingerprint density at radius 1 is 1.53 bits per heavy atom. The van der Waals surface area contributed by atoms with Crippen LogP contribution in [0.4, 0.5) is 0 Å². The van der Waals surface area contributed by atoms with Gasteiger partial charge < -0.3 is 14.6 Å². The first-order valence-electron chi connectivity index (χ1n) is 4.38. The van der Waals surface area contributed by atoms with Gasteiger partial charge in [0.15, 0.2) is 6.79 Å². The largest absolute Gasteiger partial charge is 0.478 e. The maximum Gasteiger partial charge on any atom is 0.339 e. The minimum Gasteiger partial charge on any atom is -0.478 e. The Balaban J connectivity index is 2.81. The SMILES string of the molecule is CCOCOc1ccc(Cl)cc1C(=O)O. The molecule has 0 aliphatic heterocycles. The van der Waals surface area contributed by atoms with E-state index in [-0.39, 0.29) is 18.1 Å². The highest BCUT2D eigenvalue weighted by atomic mass is 35.5. The van der Waals surface area contributed by atoms with Gasteiger partial charge in [-0.05, 0) is 25.1 Å². The molecule has 0 atom stereocenters. The van der Waals surface area contributed by atoms with Crippen LogP contribution in [0.1, 0.15) is 17.3 Å². The van der Waals surface area contributed by atoms with Gasteiger partial charge in [0, 0.05) is 11.6 Å². The number of carbonyl (C=O) groups is 1. The molecule has 0 amide bonds. The Morgan fingerprint density at radius 3 is 2.87 bits per heavy atom. The highest BCUT2D eigenvalue weighted by Gasteiger charge is 2.11. The van der Waals surface area contributed by atoms with E-state index in [1.54, 1.807) is 6.07 Å². The van der Waals surface area contributed by atoms with Crippen LogP contribution in [0.2, 0.25) is 5.02 Å². The van der Waals surface area contributed by atoms with Crippen molar-refractivity contribution in [3.63, 3.8) is 0 Å². The van der Waals surface area contributed by atoms with Gasteiger partial charge in [0.05, 0.1) is 0 Å². The first-order chi connectivity index (χ1) is 7.15. The molecule has 0 spiro atoms. The second kappa shape index (κ2) is 5.58. The Kier molecular flexibility index (Phi) is 4.39. The van der Waals surface area contributed by atoms with Crippen molar-refractivity contribution in [3.05, 3.63) is 28.8 Å². The molecule has 1 N–H and O–H groups in total. The van der Waals surface area contributed by atoms with Gasteiger partial charge in [-0.15, -0.1) is 0 Å². The summed E-state index contributed by atoms with van der Waals surface area (Å²) in [5.74, 6) is -0.829. The van der Waals surface area contributed by atoms with Gasteiger partial charge in [-0.25, -0.2) is 4.79 Å². The van der Waals surface area contributed by atoms with Gasteiger partial charge in [-0.3, -0.25) is 0 Å². The quantitative estimate of drug-likeness (QED) is 0.623. The molecular weight excluding hydrogens is 220 g/mol. The molecule has 5 heteroatoms. The van der Waals surface area contributed by atoms with E-state index in [0.29, 0.717) is 11.6 Å². The van der Waals surface area contributed by atoms with Crippen LogP contribution in [0.3, 0.4) is 0 Å². The van der Waals surface area contributed by atoms with Crippen molar-refractivity contribution in [3.8, 4) is 5.75 Å². The van der Waals surface area contributed by atoms with Gasteiger partial charge in [-0.2, -0.15) is 0 Å². The van der Waals surface area contributed by atoms with Crippen LogP contribution >= 0.6 is 11.6 Å². The zero-order chi connectivity index (χ0) is 11.3. The number of ether oxygens (including phenoxy) is 2. The smallest absolute Gasteiger partial charge is 0.339 e. The van der Waals surface area contributed by atoms with E-state index in [1.165, 1.54) is 12.1 Å².